The number of hydrogen-bond donors (Lipinski definition) is 0. The first-order chi connectivity index (χ1) is 15.6. The monoisotopic (exact) mass is 427 g/mol. The Hall–Kier alpha value is -3.58. The molecule has 0 radical (unpaired) electrons. The van der Waals surface area contributed by atoms with Crippen molar-refractivity contribution in [1.29, 1.82) is 0 Å². The van der Waals surface area contributed by atoms with Crippen molar-refractivity contribution in [1.82, 2.24) is 24.1 Å². The van der Waals surface area contributed by atoms with E-state index in [0.29, 0.717) is 41.8 Å². The minimum absolute atomic E-state index is 0.0797. The van der Waals surface area contributed by atoms with Gasteiger partial charge < -0.3 is 4.74 Å². The summed E-state index contributed by atoms with van der Waals surface area (Å²) in [4.78, 5) is 28.5. The Morgan fingerprint density at radius 2 is 1.75 bits per heavy atom. The van der Waals surface area contributed by atoms with Crippen LogP contribution in [0.1, 0.15) is 24.7 Å². The van der Waals surface area contributed by atoms with Crippen LogP contribution in [-0.2, 0) is 17.7 Å². The molecule has 162 valence electrons. The average Bonchev–Trinajstić information content (AvgIpc) is 3.12. The van der Waals surface area contributed by atoms with Crippen molar-refractivity contribution in [3.8, 4) is 5.69 Å². The summed E-state index contributed by atoms with van der Waals surface area (Å²) in [6, 6.07) is 15.9. The highest BCUT2D eigenvalue weighted by molar-refractivity contribution is 6.05. The number of ether oxygens (including phenoxy) is 1. The molecule has 0 unspecified atom stereocenters. The Morgan fingerprint density at radius 3 is 2.47 bits per heavy atom. The van der Waals surface area contributed by atoms with Gasteiger partial charge in [0.25, 0.3) is 5.56 Å². The van der Waals surface area contributed by atoms with E-state index in [0.717, 1.165) is 34.5 Å². The van der Waals surface area contributed by atoms with Crippen LogP contribution < -0.4 is 5.56 Å². The van der Waals surface area contributed by atoms with Crippen LogP contribution in [0.5, 0.6) is 0 Å². The molecule has 5 rings (SSSR count). The van der Waals surface area contributed by atoms with E-state index in [2.05, 4.69) is 6.07 Å². The fourth-order valence-electron chi connectivity index (χ4n) is 4.25. The maximum absolute atomic E-state index is 13.8. The number of nitrogens with zero attached hydrogens (tertiary/aromatic N) is 5. The third-order valence-electron chi connectivity index (χ3n) is 5.75. The first-order valence-corrected chi connectivity index (χ1v) is 10.9. The summed E-state index contributed by atoms with van der Waals surface area (Å²) in [6.07, 6.45) is 1.39. The van der Waals surface area contributed by atoms with Gasteiger partial charge in [0.05, 0.1) is 11.0 Å². The molecule has 0 N–H and O–H groups in total. The Kier molecular flexibility index (Phi) is 5.19. The maximum atomic E-state index is 13.8. The van der Waals surface area contributed by atoms with Crippen LogP contribution in [0, 0.1) is 6.92 Å². The van der Waals surface area contributed by atoms with E-state index in [1.807, 2.05) is 60.9 Å². The van der Waals surface area contributed by atoms with E-state index in [1.165, 1.54) is 0 Å². The molecule has 0 saturated heterocycles. The molecule has 0 fully saturated rings. The van der Waals surface area contributed by atoms with Crippen molar-refractivity contribution in [2.45, 2.75) is 33.2 Å². The summed E-state index contributed by atoms with van der Waals surface area (Å²) in [5.74, 6) is 0.750. The van der Waals surface area contributed by atoms with Crippen LogP contribution in [0.3, 0.4) is 0 Å². The molecule has 3 heterocycles. The third-order valence-corrected chi connectivity index (χ3v) is 5.75. The Bertz CT molecular complexity index is 1520. The minimum atomic E-state index is -0.0797. The van der Waals surface area contributed by atoms with Gasteiger partial charge in [0.1, 0.15) is 16.7 Å². The van der Waals surface area contributed by atoms with E-state index in [-0.39, 0.29) is 5.56 Å². The van der Waals surface area contributed by atoms with Gasteiger partial charge in [-0.15, -0.1) is 0 Å². The molecule has 0 aliphatic rings. The zero-order chi connectivity index (χ0) is 22.2. The number of benzene rings is 2. The molecule has 0 atom stereocenters. The van der Waals surface area contributed by atoms with E-state index in [4.69, 9.17) is 19.7 Å². The Balaban J connectivity index is 1.93. The predicted octanol–water partition coefficient (Wildman–Crippen LogP) is 4.19. The second-order valence-electron chi connectivity index (χ2n) is 7.94. The fourth-order valence-corrected chi connectivity index (χ4v) is 4.25. The predicted molar refractivity (Wildman–Crippen MR) is 127 cm³/mol. The van der Waals surface area contributed by atoms with Gasteiger partial charge >= 0.3 is 0 Å². The summed E-state index contributed by atoms with van der Waals surface area (Å²) in [7, 11) is 1.67. The number of hydrogen-bond acceptors (Lipinski definition) is 5. The van der Waals surface area contributed by atoms with E-state index in [9.17, 15) is 4.79 Å². The lowest BCUT2D eigenvalue weighted by Gasteiger charge is -2.12. The second kappa shape index (κ2) is 8.16. The number of methoxy groups -OCH3 is 1. The van der Waals surface area contributed by atoms with Gasteiger partial charge in [0, 0.05) is 32.4 Å². The van der Waals surface area contributed by atoms with Gasteiger partial charge in [-0.05, 0) is 43.2 Å². The second-order valence-corrected chi connectivity index (χ2v) is 7.94. The number of aryl methyl sites for hydroxylation is 2. The standard InChI is InChI=1S/C25H25N5O2/c1-4-20-28-23-21(25(31)29(20)13-8-14-32-3)22-24(27-19-12-6-5-11-18(19)26-22)30(23)17-10-7-9-16(2)15-17/h5-7,9-12,15H,4,8,13-14H2,1-3H3. The molecule has 2 aromatic carbocycles. The van der Waals surface area contributed by atoms with Crippen LogP contribution in [0.2, 0.25) is 0 Å². The van der Waals surface area contributed by atoms with Gasteiger partial charge in [-0.2, -0.15) is 0 Å². The van der Waals surface area contributed by atoms with Crippen molar-refractivity contribution >= 4 is 33.2 Å². The van der Waals surface area contributed by atoms with Crippen LogP contribution in [0.4, 0.5) is 0 Å². The molecule has 7 nitrogen and oxygen atoms in total. The summed E-state index contributed by atoms with van der Waals surface area (Å²) < 4.78 is 8.93. The zero-order valence-electron chi connectivity index (χ0n) is 18.5. The molecule has 0 saturated carbocycles. The van der Waals surface area contributed by atoms with Crippen molar-refractivity contribution in [2.24, 2.45) is 0 Å². The quantitative estimate of drug-likeness (QED) is 0.380. The molecule has 0 spiro atoms. The molecule has 0 aliphatic carbocycles. The van der Waals surface area contributed by atoms with Gasteiger partial charge in [-0.25, -0.2) is 15.0 Å². The SMILES string of the molecule is CCc1nc2c(c(=O)n1CCCOC)c1nc3ccccc3nc1n2-c1cccc(C)c1. The van der Waals surface area contributed by atoms with Crippen molar-refractivity contribution in [2.75, 3.05) is 13.7 Å². The molecule has 3 aromatic heterocycles. The van der Waals surface area contributed by atoms with Gasteiger partial charge in [0.2, 0.25) is 0 Å². The molecular formula is C25H25N5O2. The number of aromatic nitrogens is 5. The van der Waals surface area contributed by atoms with Crippen LogP contribution >= 0.6 is 0 Å². The highest BCUT2D eigenvalue weighted by Gasteiger charge is 2.22. The van der Waals surface area contributed by atoms with E-state index in [1.54, 1.807) is 11.7 Å². The first kappa shape index (κ1) is 20.3. The van der Waals surface area contributed by atoms with E-state index < -0.39 is 0 Å². The van der Waals surface area contributed by atoms with Gasteiger partial charge in [0.15, 0.2) is 11.3 Å². The lowest BCUT2D eigenvalue weighted by atomic mass is 10.2. The molecule has 0 amide bonds. The first-order valence-electron chi connectivity index (χ1n) is 10.9. The van der Waals surface area contributed by atoms with Gasteiger partial charge in [-0.3, -0.25) is 13.9 Å². The summed E-state index contributed by atoms with van der Waals surface area (Å²) in [5.41, 5.74) is 5.33. The van der Waals surface area contributed by atoms with Gasteiger partial charge in [-0.1, -0.05) is 31.2 Å². The van der Waals surface area contributed by atoms with Crippen molar-refractivity contribution in [3.05, 3.63) is 70.3 Å². The lowest BCUT2D eigenvalue weighted by Crippen LogP contribution is -2.26. The van der Waals surface area contributed by atoms with Crippen LogP contribution in [-0.4, -0.2) is 37.8 Å². The Labute approximate surface area is 185 Å². The zero-order valence-corrected chi connectivity index (χ0v) is 18.5. The number of rotatable bonds is 6. The summed E-state index contributed by atoms with van der Waals surface area (Å²) in [5, 5.41) is 0.509. The molecule has 0 bridgehead atoms. The van der Waals surface area contributed by atoms with Crippen LogP contribution in [0.15, 0.2) is 53.3 Å². The van der Waals surface area contributed by atoms with E-state index >= 15 is 0 Å². The molecule has 32 heavy (non-hydrogen) atoms. The van der Waals surface area contributed by atoms with Crippen LogP contribution in [0.25, 0.3) is 38.9 Å². The largest absolute Gasteiger partial charge is 0.385 e. The fraction of sp³-hybridized carbons (Fsp3) is 0.280. The minimum Gasteiger partial charge on any atom is -0.385 e. The van der Waals surface area contributed by atoms with Crippen molar-refractivity contribution in [3.63, 3.8) is 0 Å². The molecule has 7 heteroatoms. The summed E-state index contributed by atoms with van der Waals surface area (Å²) in [6.45, 7) is 5.21. The Morgan fingerprint density at radius 1 is 0.969 bits per heavy atom. The smallest absolute Gasteiger partial charge is 0.265 e. The number of para-hydroxylation sites is 2. The summed E-state index contributed by atoms with van der Waals surface area (Å²) >= 11 is 0. The highest BCUT2D eigenvalue weighted by Crippen LogP contribution is 2.29. The maximum Gasteiger partial charge on any atom is 0.265 e. The third kappa shape index (κ3) is 3.26. The highest BCUT2D eigenvalue weighted by atomic mass is 16.5. The normalized spacial score (nSPS) is 11.7. The number of fused-ring (bicyclic) bond motifs is 4. The molecule has 5 aromatic rings. The molecular weight excluding hydrogens is 402 g/mol. The lowest BCUT2D eigenvalue weighted by molar-refractivity contribution is 0.189. The topological polar surface area (TPSA) is 74.8 Å². The average molecular weight is 428 g/mol. The molecule has 0 aliphatic heterocycles. The van der Waals surface area contributed by atoms with Crippen molar-refractivity contribution < 1.29 is 4.74 Å².